The highest BCUT2D eigenvalue weighted by Gasteiger charge is 2.05. The molecule has 0 N–H and O–H groups in total. The lowest BCUT2D eigenvalue weighted by molar-refractivity contribution is 0.271. The second kappa shape index (κ2) is 17.1. The van der Waals surface area contributed by atoms with E-state index in [-0.39, 0.29) is 0 Å². The number of unbranched alkanes of at least 4 members (excludes halogenated alkanes) is 8. The van der Waals surface area contributed by atoms with E-state index in [0.717, 1.165) is 43.6 Å². The van der Waals surface area contributed by atoms with Crippen molar-refractivity contribution in [3.05, 3.63) is 70.8 Å². The highest BCUT2D eigenvalue weighted by Crippen LogP contribution is 2.12. The van der Waals surface area contributed by atoms with E-state index in [1.165, 1.54) is 62.5 Å². The van der Waals surface area contributed by atoms with E-state index in [1.54, 1.807) is 0 Å². The van der Waals surface area contributed by atoms with Gasteiger partial charge in [-0.1, -0.05) is 107 Å². The molecule has 0 aliphatic carbocycles. The van der Waals surface area contributed by atoms with Gasteiger partial charge in [-0.2, -0.15) is 0 Å². The summed E-state index contributed by atoms with van der Waals surface area (Å²) in [7, 11) is 0. The molecule has 0 saturated carbocycles. The average Bonchev–Trinajstić information content (AvgIpc) is 2.85. The fourth-order valence-corrected chi connectivity index (χ4v) is 3.79. The summed E-state index contributed by atoms with van der Waals surface area (Å²) >= 11 is 0. The lowest BCUT2D eigenvalue weighted by Gasteiger charge is -2.20. The lowest BCUT2D eigenvalue weighted by atomic mass is 10.1. The molecule has 0 radical (unpaired) electrons. The Morgan fingerprint density at radius 3 is 1.33 bits per heavy atom. The van der Waals surface area contributed by atoms with Gasteiger partial charge in [0.2, 0.25) is 0 Å². The van der Waals surface area contributed by atoms with Crippen LogP contribution in [0, 0.1) is 23.7 Å². The van der Waals surface area contributed by atoms with Gasteiger partial charge in [-0.25, -0.2) is 0 Å². The normalized spacial score (nSPS) is 10.4. The molecule has 176 valence electrons. The van der Waals surface area contributed by atoms with Gasteiger partial charge in [0.05, 0.1) is 0 Å². The quantitative estimate of drug-likeness (QED) is 0.223. The van der Waals surface area contributed by atoms with E-state index >= 15 is 0 Å². The van der Waals surface area contributed by atoms with Crippen molar-refractivity contribution in [1.29, 1.82) is 0 Å². The zero-order chi connectivity index (χ0) is 23.6. The minimum Gasteiger partial charge on any atom is -0.295 e. The van der Waals surface area contributed by atoms with Crippen molar-refractivity contribution in [3.8, 4) is 23.7 Å². The summed E-state index contributed by atoms with van der Waals surface area (Å²) in [5, 5.41) is 0. The van der Waals surface area contributed by atoms with Crippen LogP contribution in [-0.4, -0.2) is 11.4 Å². The Labute approximate surface area is 204 Å². The predicted molar refractivity (Wildman–Crippen MR) is 144 cm³/mol. The van der Waals surface area contributed by atoms with Crippen molar-refractivity contribution in [2.75, 3.05) is 6.54 Å². The Morgan fingerprint density at radius 2 is 0.970 bits per heavy atom. The van der Waals surface area contributed by atoms with Crippen LogP contribution in [0.25, 0.3) is 0 Å². The minimum atomic E-state index is 0.959. The maximum Gasteiger partial charge on any atom is 0.0245 e. The van der Waals surface area contributed by atoms with Gasteiger partial charge in [-0.3, -0.25) is 4.90 Å². The van der Waals surface area contributed by atoms with E-state index in [9.17, 15) is 0 Å². The molecular weight excluding hydrogens is 398 g/mol. The summed E-state index contributed by atoms with van der Waals surface area (Å²) in [5.41, 5.74) is 4.94. The van der Waals surface area contributed by atoms with Crippen LogP contribution in [0.5, 0.6) is 0 Å². The van der Waals surface area contributed by atoms with Gasteiger partial charge in [0.25, 0.3) is 0 Å². The first-order chi connectivity index (χ1) is 16.2. The Balaban J connectivity index is 1.80. The van der Waals surface area contributed by atoms with Gasteiger partial charge in [-0.15, -0.1) is 0 Å². The van der Waals surface area contributed by atoms with Gasteiger partial charge in [0, 0.05) is 37.1 Å². The molecule has 0 atom stereocenters. The molecule has 0 aliphatic rings. The van der Waals surface area contributed by atoms with Gasteiger partial charge >= 0.3 is 0 Å². The van der Waals surface area contributed by atoms with E-state index in [0.29, 0.717) is 0 Å². The second-order valence-electron chi connectivity index (χ2n) is 8.92. The average molecular weight is 442 g/mol. The van der Waals surface area contributed by atoms with Gasteiger partial charge in [0.1, 0.15) is 0 Å². The maximum absolute atomic E-state index is 3.32. The van der Waals surface area contributed by atoms with Crippen LogP contribution in [0.1, 0.15) is 107 Å². The summed E-state index contributed by atoms with van der Waals surface area (Å²) in [5.74, 6) is 13.3. The monoisotopic (exact) mass is 441 g/mol. The molecule has 0 unspecified atom stereocenters. The lowest BCUT2D eigenvalue weighted by Crippen LogP contribution is -2.22. The third-order valence-corrected chi connectivity index (χ3v) is 5.94. The predicted octanol–water partition coefficient (Wildman–Crippen LogP) is 8.35. The van der Waals surface area contributed by atoms with Crippen LogP contribution in [0.3, 0.4) is 0 Å². The zero-order valence-electron chi connectivity index (χ0n) is 21.3. The maximum atomic E-state index is 3.32. The molecule has 0 aliphatic heterocycles. The Morgan fingerprint density at radius 1 is 0.545 bits per heavy atom. The van der Waals surface area contributed by atoms with Crippen LogP contribution >= 0.6 is 0 Å². The molecule has 0 bridgehead atoms. The van der Waals surface area contributed by atoms with E-state index < -0.39 is 0 Å². The Kier molecular flexibility index (Phi) is 13.8. The highest BCUT2D eigenvalue weighted by atomic mass is 15.1. The molecule has 0 aromatic heterocycles. The first-order valence-electron chi connectivity index (χ1n) is 13.1. The fourth-order valence-electron chi connectivity index (χ4n) is 3.79. The molecule has 0 spiro atoms. The highest BCUT2D eigenvalue weighted by molar-refractivity contribution is 5.37. The fraction of sp³-hybridized carbons (Fsp3) is 0.500. The third kappa shape index (κ3) is 11.8. The topological polar surface area (TPSA) is 3.24 Å². The van der Waals surface area contributed by atoms with Crippen LogP contribution in [0.2, 0.25) is 0 Å². The van der Waals surface area contributed by atoms with Crippen LogP contribution in [-0.2, 0) is 13.1 Å². The molecule has 1 nitrogen and oxygen atoms in total. The summed E-state index contributed by atoms with van der Waals surface area (Å²) in [6.07, 6.45) is 12.3. The largest absolute Gasteiger partial charge is 0.295 e. The van der Waals surface area contributed by atoms with E-state index in [2.05, 4.69) is 97.9 Å². The van der Waals surface area contributed by atoms with Gasteiger partial charge < -0.3 is 0 Å². The molecule has 2 aromatic rings. The minimum absolute atomic E-state index is 0.959. The Bertz CT molecular complexity index is 808. The molecule has 0 heterocycles. The summed E-state index contributed by atoms with van der Waals surface area (Å²) in [4.78, 5) is 2.48. The van der Waals surface area contributed by atoms with Crippen molar-refractivity contribution < 1.29 is 0 Å². The third-order valence-electron chi connectivity index (χ3n) is 5.94. The standard InChI is InChI=1S/C32H43N/c1-4-7-9-11-13-15-17-29-19-23-31(24-20-29)27-33(6-3)28-32-25-21-30(22-26-32)18-16-14-12-10-8-5-2/h19-26H,4-14,27-28H2,1-3H3. The summed E-state index contributed by atoms with van der Waals surface area (Å²) in [6, 6.07) is 17.6. The van der Waals surface area contributed by atoms with Crippen LogP contribution < -0.4 is 0 Å². The second-order valence-corrected chi connectivity index (χ2v) is 8.92. The number of rotatable bonds is 13. The summed E-state index contributed by atoms with van der Waals surface area (Å²) in [6.45, 7) is 9.67. The van der Waals surface area contributed by atoms with Crippen LogP contribution in [0.4, 0.5) is 0 Å². The zero-order valence-corrected chi connectivity index (χ0v) is 21.3. The number of benzene rings is 2. The SMILES string of the molecule is CCCCCCC#Cc1ccc(CN(CC)Cc2ccc(C#CCCCCCC)cc2)cc1. The number of nitrogens with zero attached hydrogens (tertiary/aromatic N) is 1. The first-order valence-corrected chi connectivity index (χ1v) is 13.1. The molecular formula is C32H43N. The smallest absolute Gasteiger partial charge is 0.0245 e. The van der Waals surface area contributed by atoms with Crippen molar-refractivity contribution in [2.45, 2.75) is 98.1 Å². The van der Waals surface area contributed by atoms with E-state index in [4.69, 9.17) is 0 Å². The molecule has 2 aromatic carbocycles. The Hall–Kier alpha value is -2.48. The summed E-state index contributed by atoms with van der Waals surface area (Å²) < 4.78 is 0. The van der Waals surface area contributed by atoms with Crippen molar-refractivity contribution in [3.63, 3.8) is 0 Å². The molecule has 2 rings (SSSR count). The first kappa shape index (κ1) is 26.8. The molecule has 0 fully saturated rings. The van der Waals surface area contributed by atoms with Crippen molar-refractivity contribution >= 4 is 0 Å². The van der Waals surface area contributed by atoms with Crippen molar-refractivity contribution in [1.82, 2.24) is 4.90 Å². The van der Waals surface area contributed by atoms with Gasteiger partial charge in [-0.05, 0) is 54.8 Å². The molecule has 0 saturated heterocycles. The molecule has 1 heteroatoms. The van der Waals surface area contributed by atoms with Crippen molar-refractivity contribution in [2.24, 2.45) is 0 Å². The number of hydrogen-bond acceptors (Lipinski definition) is 1. The molecule has 33 heavy (non-hydrogen) atoms. The number of hydrogen-bond donors (Lipinski definition) is 0. The van der Waals surface area contributed by atoms with E-state index in [1.807, 2.05) is 0 Å². The van der Waals surface area contributed by atoms with Gasteiger partial charge in [0.15, 0.2) is 0 Å². The van der Waals surface area contributed by atoms with Crippen LogP contribution in [0.15, 0.2) is 48.5 Å². The molecule has 0 amide bonds.